The van der Waals surface area contributed by atoms with Gasteiger partial charge in [0.05, 0.1) is 11.5 Å². The van der Waals surface area contributed by atoms with E-state index in [1.165, 1.54) is 0 Å². The SMILES string of the molecule is CC1=NC=c2cn[nH]c2=CN1. The van der Waals surface area contributed by atoms with E-state index in [-0.39, 0.29) is 0 Å². The van der Waals surface area contributed by atoms with Crippen molar-refractivity contribution in [2.45, 2.75) is 6.92 Å². The predicted octanol–water partition coefficient (Wildman–Crippen LogP) is -1.09. The van der Waals surface area contributed by atoms with E-state index in [9.17, 15) is 0 Å². The van der Waals surface area contributed by atoms with Crippen LogP contribution in [0.4, 0.5) is 0 Å². The second-order valence-electron chi connectivity index (χ2n) is 2.37. The maximum Gasteiger partial charge on any atom is 0.102 e. The molecule has 2 heterocycles. The first-order valence-corrected chi connectivity index (χ1v) is 3.37. The molecule has 0 spiro atoms. The molecule has 11 heavy (non-hydrogen) atoms. The fourth-order valence-electron chi connectivity index (χ4n) is 0.904. The van der Waals surface area contributed by atoms with Crippen LogP contribution in [0.3, 0.4) is 0 Å². The second kappa shape index (κ2) is 2.23. The Balaban J connectivity index is 2.71. The summed E-state index contributed by atoms with van der Waals surface area (Å²) in [5.74, 6) is 0.884. The molecule has 2 N–H and O–H groups in total. The number of fused-ring (bicyclic) bond motifs is 1. The number of hydrogen-bond acceptors (Lipinski definition) is 3. The van der Waals surface area contributed by atoms with Gasteiger partial charge in [0, 0.05) is 17.6 Å². The molecule has 4 heteroatoms. The van der Waals surface area contributed by atoms with Crippen LogP contribution in [0.15, 0.2) is 11.2 Å². The van der Waals surface area contributed by atoms with Crippen molar-refractivity contribution in [1.82, 2.24) is 15.5 Å². The Morgan fingerprint density at radius 2 is 2.36 bits per heavy atom. The molecule has 0 aromatic carbocycles. The topological polar surface area (TPSA) is 53.1 Å². The zero-order chi connectivity index (χ0) is 7.68. The lowest BCUT2D eigenvalue weighted by Gasteiger charge is -1.91. The number of aliphatic imine (C=N–C) groups is 1. The molecular weight excluding hydrogens is 140 g/mol. The maximum atomic E-state index is 4.13. The smallest absolute Gasteiger partial charge is 0.102 e. The van der Waals surface area contributed by atoms with Gasteiger partial charge in [-0.15, -0.1) is 0 Å². The van der Waals surface area contributed by atoms with Gasteiger partial charge in [-0.25, -0.2) is 4.99 Å². The zero-order valence-corrected chi connectivity index (χ0v) is 6.13. The first-order chi connectivity index (χ1) is 5.36. The normalized spacial score (nSPS) is 14.8. The molecule has 1 aliphatic heterocycles. The quantitative estimate of drug-likeness (QED) is 0.491. The van der Waals surface area contributed by atoms with Crippen LogP contribution < -0.4 is 15.9 Å². The summed E-state index contributed by atoms with van der Waals surface area (Å²) in [6.45, 7) is 1.91. The van der Waals surface area contributed by atoms with Gasteiger partial charge in [0.25, 0.3) is 0 Å². The molecule has 1 aliphatic rings. The van der Waals surface area contributed by atoms with Gasteiger partial charge in [-0.3, -0.25) is 5.10 Å². The number of H-pyrrole nitrogens is 1. The highest BCUT2D eigenvalue weighted by molar-refractivity contribution is 5.85. The Morgan fingerprint density at radius 3 is 3.27 bits per heavy atom. The third-order valence-corrected chi connectivity index (χ3v) is 1.52. The lowest BCUT2D eigenvalue weighted by molar-refractivity contribution is 1.05. The van der Waals surface area contributed by atoms with E-state index in [0.717, 1.165) is 16.4 Å². The maximum absolute atomic E-state index is 4.13. The van der Waals surface area contributed by atoms with E-state index >= 15 is 0 Å². The van der Waals surface area contributed by atoms with Crippen LogP contribution in [0.2, 0.25) is 0 Å². The highest BCUT2D eigenvalue weighted by Crippen LogP contribution is 1.76. The van der Waals surface area contributed by atoms with Gasteiger partial charge in [-0.1, -0.05) is 0 Å². The van der Waals surface area contributed by atoms with Crippen molar-refractivity contribution in [3.8, 4) is 0 Å². The largest absolute Gasteiger partial charge is 0.348 e. The number of hydrogen-bond donors (Lipinski definition) is 2. The van der Waals surface area contributed by atoms with Crippen molar-refractivity contribution in [2.75, 3.05) is 0 Å². The minimum atomic E-state index is 0.884. The summed E-state index contributed by atoms with van der Waals surface area (Å²) in [7, 11) is 0. The molecule has 1 aromatic heterocycles. The van der Waals surface area contributed by atoms with Crippen molar-refractivity contribution in [3.63, 3.8) is 0 Å². The molecule has 0 unspecified atom stereocenters. The molecule has 4 nitrogen and oxygen atoms in total. The number of aromatic amines is 1. The van der Waals surface area contributed by atoms with Crippen molar-refractivity contribution in [3.05, 3.63) is 16.8 Å². The average Bonchev–Trinajstić information content (AvgIpc) is 2.38. The van der Waals surface area contributed by atoms with Crippen LogP contribution in [0.1, 0.15) is 6.92 Å². The van der Waals surface area contributed by atoms with E-state index in [1.807, 2.05) is 13.1 Å². The fraction of sp³-hybridized carbons (Fsp3) is 0.143. The van der Waals surface area contributed by atoms with Gasteiger partial charge in [-0.05, 0) is 6.92 Å². The average molecular weight is 148 g/mol. The third kappa shape index (κ3) is 1.02. The number of amidine groups is 1. The first kappa shape index (κ1) is 6.15. The summed E-state index contributed by atoms with van der Waals surface area (Å²) < 4.78 is 0. The summed E-state index contributed by atoms with van der Waals surface area (Å²) in [5.41, 5.74) is 0. The van der Waals surface area contributed by atoms with Crippen LogP contribution in [0.25, 0.3) is 12.4 Å². The molecule has 0 saturated carbocycles. The lowest BCUT2D eigenvalue weighted by atomic mass is 10.5. The summed E-state index contributed by atoms with van der Waals surface area (Å²) in [6, 6.07) is 0. The van der Waals surface area contributed by atoms with E-state index in [0.29, 0.717) is 0 Å². The van der Waals surface area contributed by atoms with Crippen molar-refractivity contribution >= 4 is 18.2 Å². The molecule has 56 valence electrons. The fourth-order valence-corrected chi connectivity index (χ4v) is 0.904. The van der Waals surface area contributed by atoms with Gasteiger partial charge in [0.1, 0.15) is 5.84 Å². The molecule has 2 rings (SSSR count). The summed E-state index contributed by atoms with van der Waals surface area (Å²) in [5, 5.41) is 11.7. The van der Waals surface area contributed by atoms with E-state index in [4.69, 9.17) is 0 Å². The number of aromatic nitrogens is 2. The molecule has 0 saturated heterocycles. The van der Waals surface area contributed by atoms with Gasteiger partial charge >= 0.3 is 0 Å². The van der Waals surface area contributed by atoms with Crippen LogP contribution in [0, 0.1) is 0 Å². The lowest BCUT2D eigenvalue weighted by Crippen LogP contribution is -2.24. The minimum Gasteiger partial charge on any atom is -0.348 e. The summed E-state index contributed by atoms with van der Waals surface area (Å²) >= 11 is 0. The molecule has 0 aliphatic carbocycles. The van der Waals surface area contributed by atoms with Gasteiger partial charge in [0.15, 0.2) is 0 Å². The highest BCUT2D eigenvalue weighted by Gasteiger charge is 1.91. The molecule has 1 aromatic rings. The molecule has 0 atom stereocenters. The standard InChI is InChI=1S/C7H8N4/c1-5-8-2-6-3-10-11-7(6)4-9-5/h2-4,11H,1H3,(H,8,9). The van der Waals surface area contributed by atoms with Crippen molar-refractivity contribution in [1.29, 1.82) is 0 Å². The van der Waals surface area contributed by atoms with Crippen molar-refractivity contribution in [2.24, 2.45) is 4.99 Å². The summed E-state index contributed by atoms with van der Waals surface area (Å²) in [4.78, 5) is 4.13. The predicted molar refractivity (Wildman–Crippen MR) is 43.0 cm³/mol. The van der Waals surface area contributed by atoms with Crippen molar-refractivity contribution < 1.29 is 0 Å². The summed E-state index contributed by atoms with van der Waals surface area (Å²) in [6.07, 6.45) is 5.38. The second-order valence-corrected chi connectivity index (χ2v) is 2.37. The number of rotatable bonds is 0. The van der Waals surface area contributed by atoms with Crippen LogP contribution in [-0.2, 0) is 0 Å². The Hall–Kier alpha value is -1.58. The number of nitrogens with one attached hydrogen (secondary N) is 2. The Kier molecular flexibility index (Phi) is 1.25. The van der Waals surface area contributed by atoms with Gasteiger partial charge < -0.3 is 5.32 Å². The zero-order valence-electron chi connectivity index (χ0n) is 6.13. The molecule has 0 bridgehead atoms. The third-order valence-electron chi connectivity index (χ3n) is 1.52. The number of nitrogens with zero attached hydrogens (tertiary/aromatic N) is 2. The molecule has 0 fully saturated rings. The Labute approximate surface area is 63.3 Å². The van der Waals surface area contributed by atoms with E-state index in [2.05, 4.69) is 20.5 Å². The van der Waals surface area contributed by atoms with Gasteiger partial charge in [-0.2, -0.15) is 5.10 Å². The Bertz CT molecular complexity index is 398. The van der Waals surface area contributed by atoms with E-state index < -0.39 is 0 Å². The molecule has 0 amide bonds. The Morgan fingerprint density at radius 1 is 1.45 bits per heavy atom. The molecule has 0 radical (unpaired) electrons. The first-order valence-electron chi connectivity index (χ1n) is 3.37. The monoisotopic (exact) mass is 148 g/mol. The molecular formula is C7H8N4. The van der Waals surface area contributed by atoms with Crippen LogP contribution in [0.5, 0.6) is 0 Å². The highest BCUT2D eigenvalue weighted by atomic mass is 15.1. The van der Waals surface area contributed by atoms with Crippen LogP contribution >= 0.6 is 0 Å². The minimum absolute atomic E-state index is 0.884. The van der Waals surface area contributed by atoms with Gasteiger partial charge in [0.2, 0.25) is 0 Å². The van der Waals surface area contributed by atoms with Crippen LogP contribution in [-0.4, -0.2) is 16.0 Å². The van der Waals surface area contributed by atoms with E-state index in [1.54, 1.807) is 12.4 Å².